The number of piperidine rings is 1. The highest BCUT2D eigenvalue weighted by atomic mass is 16.6. The maximum Gasteiger partial charge on any atom is 0.410 e. The van der Waals surface area contributed by atoms with Gasteiger partial charge in [0, 0.05) is 38.6 Å². The maximum atomic E-state index is 13.9. The summed E-state index contributed by atoms with van der Waals surface area (Å²) in [5.74, 6) is 0.521. The molecule has 1 aliphatic rings. The number of amides is 2. The summed E-state index contributed by atoms with van der Waals surface area (Å²) >= 11 is 0. The zero-order valence-electron chi connectivity index (χ0n) is 25.9. The van der Waals surface area contributed by atoms with Gasteiger partial charge < -0.3 is 19.3 Å². The highest BCUT2D eigenvalue weighted by Crippen LogP contribution is 2.38. The Morgan fingerprint density at radius 2 is 1.43 bits per heavy atom. The van der Waals surface area contributed by atoms with Gasteiger partial charge in [0.2, 0.25) is 0 Å². The Balaban J connectivity index is 1.50. The summed E-state index contributed by atoms with van der Waals surface area (Å²) in [6, 6.07) is 28.0. The van der Waals surface area contributed by atoms with E-state index in [1.807, 2.05) is 86.3 Å². The summed E-state index contributed by atoms with van der Waals surface area (Å²) in [5.41, 5.74) is 2.15. The van der Waals surface area contributed by atoms with E-state index in [4.69, 9.17) is 9.47 Å². The standard InChI is InChI=1S/C35H45N3O4/c1-34(2,3)42-33(40)37(6)24-21-30(27-15-9-7-10-16-27)41-31-20-14-13-19-29(31)32(39)38-25-22-35(23-26-38,36(4)5)28-17-11-8-12-18-28/h7-20,30H,21-26H2,1-6H3. The summed E-state index contributed by atoms with van der Waals surface area (Å²) in [6.07, 6.45) is 1.50. The summed E-state index contributed by atoms with van der Waals surface area (Å²) in [6.45, 7) is 7.31. The molecule has 0 saturated carbocycles. The Labute approximate surface area is 251 Å². The van der Waals surface area contributed by atoms with Crippen molar-refractivity contribution in [1.29, 1.82) is 0 Å². The van der Waals surface area contributed by atoms with Crippen molar-refractivity contribution < 1.29 is 19.1 Å². The molecule has 1 unspecified atom stereocenters. The molecule has 42 heavy (non-hydrogen) atoms. The summed E-state index contributed by atoms with van der Waals surface area (Å²) in [4.78, 5) is 32.3. The molecule has 7 heteroatoms. The van der Waals surface area contributed by atoms with Crippen molar-refractivity contribution in [2.24, 2.45) is 0 Å². The van der Waals surface area contributed by atoms with Crippen molar-refractivity contribution in [3.63, 3.8) is 0 Å². The van der Waals surface area contributed by atoms with Gasteiger partial charge in [-0.25, -0.2) is 4.79 Å². The lowest BCUT2D eigenvalue weighted by Crippen LogP contribution is -2.51. The van der Waals surface area contributed by atoms with Crippen LogP contribution in [0.5, 0.6) is 5.75 Å². The third-order valence-electron chi connectivity index (χ3n) is 8.03. The Morgan fingerprint density at radius 3 is 2.02 bits per heavy atom. The van der Waals surface area contributed by atoms with E-state index in [1.165, 1.54) is 5.56 Å². The van der Waals surface area contributed by atoms with E-state index in [0.717, 1.165) is 18.4 Å². The smallest absolute Gasteiger partial charge is 0.410 e. The lowest BCUT2D eigenvalue weighted by molar-refractivity contribution is 0.0278. The minimum atomic E-state index is -0.568. The predicted molar refractivity (Wildman–Crippen MR) is 167 cm³/mol. The molecule has 0 spiro atoms. The van der Waals surface area contributed by atoms with E-state index < -0.39 is 5.60 Å². The number of carbonyl (C=O) groups is 2. The average Bonchev–Trinajstić information content (AvgIpc) is 2.99. The first-order valence-electron chi connectivity index (χ1n) is 14.8. The van der Waals surface area contributed by atoms with Crippen LogP contribution in [0.1, 0.15) is 67.6 Å². The quantitative estimate of drug-likeness (QED) is 0.284. The van der Waals surface area contributed by atoms with Crippen molar-refractivity contribution in [2.75, 3.05) is 40.8 Å². The molecule has 1 heterocycles. The van der Waals surface area contributed by atoms with E-state index >= 15 is 0 Å². The fourth-order valence-electron chi connectivity index (χ4n) is 5.60. The van der Waals surface area contributed by atoms with Gasteiger partial charge in [-0.1, -0.05) is 72.8 Å². The second kappa shape index (κ2) is 13.4. The van der Waals surface area contributed by atoms with Crippen LogP contribution in [-0.2, 0) is 10.3 Å². The monoisotopic (exact) mass is 571 g/mol. The number of rotatable bonds is 9. The minimum Gasteiger partial charge on any atom is -0.485 e. The van der Waals surface area contributed by atoms with Crippen LogP contribution >= 0.6 is 0 Å². The zero-order chi connectivity index (χ0) is 30.3. The van der Waals surface area contributed by atoms with Crippen LogP contribution in [0.3, 0.4) is 0 Å². The number of hydrogen-bond donors (Lipinski definition) is 0. The van der Waals surface area contributed by atoms with Crippen molar-refractivity contribution in [3.05, 3.63) is 102 Å². The summed E-state index contributed by atoms with van der Waals surface area (Å²) < 4.78 is 12.1. The molecule has 1 atom stereocenters. The molecule has 0 aromatic heterocycles. The van der Waals surface area contributed by atoms with E-state index in [-0.39, 0.29) is 23.6 Å². The second-order valence-electron chi connectivity index (χ2n) is 12.3. The Morgan fingerprint density at radius 1 is 0.857 bits per heavy atom. The zero-order valence-corrected chi connectivity index (χ0v) is 25.9. The van der Waals surface area contributed by atoms with Crippen LogP contribution < -0.4 is 4.74 Å². The van der Waals surface area contributed by atoms with Crippen LogP contribution in [0.15, 0.2) is 84.9 Å². The molecule has 0 N–H and O–H groups in total. The number of para-hydroxylation sites is 1. The van der Waals surface area contributed by atoms with Gasteiger partial charge in [0.25, 0.3) is 5.91 Å². The molecule has 4 rings (SSSR count). The Bertz CT molecular complexity index is 1310. The third-order valence-corrected chi connectivity index (χ3v) is 8.03. The summed E-state index contributed by atoms with van der Waals surface area (Å²) in [7, 11) is 5.97. The molecule has 1 fully saturated rings. The van der Waals surface area contributed by atoms with Gasteiger partial charge in [-0.15, -0.1) is 0 Å². The van der Waals surface area contributed by atoms with Gasteiger partial charge in [-0.3, -0.25) is 9.69 Å². The van der Waals surface area contributed by atoms with Gasteiger partial charge in [0.05, 0.1) is 5.56 Å². The predicted octanol–water partition coefficient (Wildman–Crippen LogP) is 6.76. The number of ether oxygens (including phenoxy) is 2. The molecule has 0 bridgehead atoms. The topological polar surface area (TPSA) is 62.3 Å². The molecule has 224 valence electrons. The molecule has 2 amide bonds. The molecule has 0 radical (unpaired) electrons. The van der Waals surface area contributed by atoms with Crippen LogP contribution in [0.25, 0.3) is 0 Å². The van der Waals surface area contributed by atoms with Crippen molar-refractivity contribution in [2.45, 2.75) is 57.3 Å². The van der Waals surface area contributed by atoms with Crippen molar-refractivity contribution in [3.8, 4) is 5.75 Å². The fraction of sp³-hybridized carbons (Fsp3) is 0.429. The van der Waals surface area contributed by atoms with E-state index in [1.54, 1.807) is 11.9 Å². The highest BCUT2D eigenvalue weighted by Gasteiger charge is 2.39. The highest BCUT2D eigenvalue weighted by molar-refractivity contribution is 5.97. The molecule has 7 nitrogen and oxygen atoms in total. The van der Waals surface area contributed by atoms with Gasteiger partial charge in [0.15, 0.2) is 0 Å². The second-order valence-corrected chi connectivity index (χ2v) is 12.3. The first-order chi connectivity index (χ1) is 20.0. The van der Waals surface area contributed by atoms with Gasteiger partial charge >= 0.3 is 6.09 Å². The number of carbonyl (C=O) groups excluding carboxylic acids is 2. The van der Waals surface area contributed by atoms with E-state index in [9.17, 15) is 9.59 Å². The van der Waals surface area contributed by atoms with E-state index in [0.29, 0.717) is 37.4 Å². The molecule has 1 aliphatic heterocycles. The lowest BCUT2D eigenvalue weighted by atomic mass is 9.79. The summed E-state index contributed by atoms with van der Waals surface area (Å²) in [5, 5.41) is 0. The number of likely N-dealkylation sites (tertiary alicyclic amines) is 1. The number of hydrogen-bond acceptors (Lipinski definition) is 5. The van der Waals surface area contributed by atoms with Gasteiger partial charge in [0.1, 0.15) is 17.5 Å². The first-order valence-corrected chi connectivity index (χ1v) is 14.8. The maximum absolute atomic E-state index is 13.9. The Hall–Kier alpha value is -3.84. The van der Waals surface area contributed by atoms with Crippen LogP contribution in [0.4, 0.5) is 4.79 Å². The minimum absolute atomic E-state index is 0.0243. The average molecular weight is 572 g/mol. The molecule has 1 saturated heterocycles. The molecular weight excluding hydrogens is 526 g/mol. The SMILES string of the molecule is CN(CCC(Oc1ccccc1C(=O)N1CCC(c2ccccc2)(N(C)C)CC1)c1ccccc1)C(=O)OC(C)(C)C. The van der Waals surface area contributed by atoms with Crippen LogP contribution in [0, 0.1) is 0 Å². The van der Waals surface area contributed by atoms with Gasteiger partial charge in [-0.2, -0.15) is 0 Å². The van der Waals surface area contributed by atoms with Crippen molar-refractivity contribution in [1.82, 2.24) is 14.7 Å². The fourth-order valence-corrected chi connectivity index (χ4v) is 5.60. The van der Waals surface area contributed by atoms with Crippen LogP contribution in [0.2, 0.25) is 0 Å². The Kier molecular flexibility index (Phi) is 9.94. The molecule has 3 aromatic carbocycles. The number of nitrogens with zero attached hydrogens (tertiary/aromatic N) is 3. The lowest BCUT2D eigenvalue weighted by Gasteiger charge is -2.46. The molecule has 3 aromatic rings. The third kappa shape index (κ3) is 7.51. The molecule has 0 aliphatic carbocycles. The number of benzene rings is 3. The first kappa shape index (κ1) is 31.1. The largest absolute Gasteiger partial charge is 0.485 e. The van der Waals surface area contributed by atoms with Gasteiger partial charge in [-0.05, 0) is 71.0 Å². The van der Waals surface area contributed by atoms with Crippen LogP contribution in [-0.4, -0.2) is 73.1 Å². The normalized spacial score (nSPS) is 15.6. The van der Waals surface area contributed by atoms with E-state index in [2.05, 4.69) is 43.3 Å². The van der Waals surface area contributed by atoms with Crippen molar-refractivity contribution >= 4 is 12.0 Å². The molecular formula is C35H45N3O4.